The molecule has 2 rings (SSSR count). The molecule has 1 aromatic carbocycles. The van der Waals surface area contributed by atoms with Crippen LogP contribution in [0, 0.1) is 0 Å². The molecule has 6 heteroatoms. The highest BCUT2D eigenvalue weighted by atomic mass is 16.7. The van der Waals surface area contributed by atoms with Gasteiger partial charge in [0.05, 0.1) is 18.8 Å². The van der Waals surface area contributed by atoms with Gasteiger partial charge in [-0.3, -0.25) is 0 Å². The minimum absolute atomic E-state index is 0.108. The van der Waals surface area contributed by atoms with E-state index in [1.165, 1.54) is 7.11 Å². The Labute approximate surface area is 130 Å². The fraction of sp³-hybridized carbons (Fsp3) is 0.375. The van der Waals surface area contributed by atoms with Gasteiger partial charge < -0.3 is 15.0 Å². The summed E-state index contributed by atoms with van der Waals surface area (Å²) in [6.45, 7) is 3.08. The van der Waals surface area contributed by atoms with E-state index in [0.717, 1.165) is 17.6 Å². The largest absolute Gasteiger partial charge is 0.426 e. The van der Waals surface area contributed by atoms with E-state index in [1.807, 2.05) is 43.3 Å². The first-order valence-corrected chi connectivity index (χ1v) is 7.23. The summed E-state index contributed by atoms with van der Waals surface area (Å²) in [6.07, 6.45) is 4.01. The molecule has 0 radical (unpaired) electrons. The van der Waals surface area contributed by atoms with Crippen LogP contribution in [0.25, 0.3) is 0 Å². The van der Waals surface area contributed by atoms with Crippen LogP contribution in [-0.4, -0.2) is 37.6 Å². The summed E-state index contributed by atoms with van der Waals surface area (Å²) >= 11 is 0. The molecule has 1 N–H and O–H groups in total. The number of nitrogens with zero attached hydrogens (tertiary/aromatic N) is 2. The van der Waals surface area contributed by atoms with Crippen molar-refractivity contribution < 1.29 is 14.5 Å². The lowest BCUT2D eigenvalue weighted by Gasteiger charge is -2.25. The number of carbonyl (C=O) groups excluding carboxylic acids is 1. The molecule has 0 aromatic heterocycles. The highest BCUT2D eigenvalue weighted by molar-refractivity contribution is 5.78. The van der Waals surface area contributed by atoms with Crippen LogP contribution in [0.2, 0.25) is 0 Å². The van der Waals surface area contributed by atoms with Crippen molar-refractivity contribution >= 4 is 12.3 Å². The molecule has 0 spiro atoms. The third-order valence-corrected chi connectivity index (χ3v) is 3.31. The van der Waals surface area contributed by atoms with Crippen LogP contribution in [0.1, 0.15) is 24.9 Å². The van der Waals surface area contributed by atoms with E-state index in [-0.39, 0.29) is 6.04 Å². The Kier molecular flexibility index (Phi) is 5.97. The SMILES string of the molecule is CO/N=C/C1=CCCN(OC(=O)N[C@H](C)c2ccccc2)C1. The molecule has 0 aliphatic carbocycles. The van der Waals surface area contributed by atoms with Crippen molar-refractivity contribution in [2.45, 2.75) is 19.4 Å². The highest BCUT2D eigenvalue weighted by Gasteiger charge is 2.18. The molecule has 1 heterocycles. The lowest BCUT2D eigenvalue weighted by atomic mass is 10.1. The maximum Gasteiger partial charge on any atom is 0.426 e. The predicted molar refractivity (Wildman–Crippen MR) is 84.2 cm³/mol. The summed E-state index contributed by atoms with van der Waals surface area (Å²) in [6, 6.07) is 9.65. The second kappa shape index (κ2) is 8.19. The summed E-state index contributed by atoms with van der Waals surface area (Å²) in [5, 5.41) is 8.16. The van der Waals surface area contributed by atoms with Crippen LogP contribution in [-0.2, 0) is 9.68 Å². The standard InChI is InChI=1S/C16H21N3O3/c1-13(15-8-4-3-5-9-15)18-16(20)22-19-10-6-7-14(12-19)11-17-21-2/h3-5,7-9,11,13H,6,10,12H2,1-2H3,(H,18,20)/b17-11+/t13-/m1/s1. The van der Waals surface area contributed by atoms with Crippen LogP contribution < -0.4 is 5.32 Å². The van der Waals surface area contributed by atoms with Gasteiger partial charge in [0.1, 0.15) is 7.11 Å². The third-order valence-electron chi connectivity index (χ3n) is 3.31. The summed E-state index contributed by atoms with van der Waals surface area (Å²) in [7, 11) is 1.49. The van der Waals surface area contributed by atoms with Crippen LogP contribution in [0.3, 0.4) is 0 Å². The lowest BCUT2D eigenvalue weighted by Crippen LogP contribution is -2.38. The molecule has 0 unspecified atom stereocenters. The molecule has 1 aliphatic rings. The zero-order chi connectivity index (χ0) is 15.8. The van der Waals surface area contributed by atoms with Gasteiger partial charge in [0.15, 0.2) is 0 Å². The van der Waals surface area contributed by atoms with E-state index in [2.05, 4.69) is 15.3 Å². The third kappa shape index (κ3) is 4.89. The molecule has 6 nitrogen and oxygen atoms in total. The molecular formula is C16H21N3O3. The Morgan fingerprint density at radius 1 is 1.41 bits per heavy atom. The van der Waals surface area contributed by atoms with Crippen LogP contribution in [0.5, 0.6) is 0 Å². The molecule has 1 atom stereocenters. The van der Waals surface area contributed by atoms with E-state index in [4.69, 9.17) is 4.84 Å². The van der Waals surface area contributed by atoms with Gasteiger partial charge in [0.2, 0.25) is 0 Å². The van der Waals surface area contributed by atoms with Crippen molar-refractivity contribution in [1.29, 1.82) is 0 Å². The summed E-state index contributed by atoms with van der Waals surface area (Å²) in [5.74, 6) is 0. The molecular weight excluding hydrogens is 282 g/mol. The van der Waals surface area contributed by atoms with E-state index in [9.17, 15) is 4.79 Å². The van der Waals surface area contributed by atoms with Crippen molar-refractivity contribution in [3.8, 4) is 0 Å². The number of amides is 1. The van der Waals surface area contributed by atoms with E-state index in [0.29, 0.717) is 13.1 Å². The smallest absolute Gasteiger partial charge is 0.399 e. The van der Waals surface area contributed by atoms with Gasteiger partial charge in [-0.25, -0.2) is 4.79 Å². The highest BCUT2D eigenvalue weighted by Crippen LogP contribution is 2.13. The maximum absolute atomic E-state index is 12.0. The molecule has 1 amide bonds. The van der Waals surface area contributed by atoms with Crippen LogP contribution >= 0.6 is 0 Å². The second-order valence-corrected chi connectivity index (χ2v) is 5.00. The first kappa shape index (κ1) is 16.0. The summed E-state index contributed by atoms with van der Waals surface area (Å²) in [4.78, 5) is 21.9. The summed E-state index contributed by atoms with van der Waals surface area (Å²) in [5.41, 5.74) is 1.99. The zero-order valence-corrected chi connectivity index (χ0v) is 12.9. The first-order chi connectivity index (χ1) is 10.7. The molecule has 118 valence electrons. The minimum Gasteiger partial charge on any atom is -0.399 e. The molecule has 0 fully saturated rings. The summed E-state index contributed by atoms with van der Waals surface area (Å²) < 4.78 is 0. The molecule has 0 saturated heterocycles. The van der Waals surface area contributed by atoms with Gasteiger partial charge in [-0.15, -0.1) is 5.06 Å². The number of hydrogen-bond acceptors (Lipinski definition) is 5. The van der Waals surface area contributed by atoms with Gasteiger partial charge in [-0.05, 0) is 24.5 Å². The zero-order valence-electron chi connectivity index (χ0n) is 12.9. The van der Waals surface area contributed by atoms with Crippen molar-refractivity contribution in [1.82, 2.24) is 10.4 Å². The number of nitrogens with one attached hydrogen (secondary N) is 1. The Bertz CT molecular complexity index is 543. The van der Waals surface area contributed by atoms with Gasteiger partial charge in [0.25, 0.3) is 0 Å². The van der Waals surface area contributed by atoms with E-state index >= 15 is 0 Å². The fourth-order valence-electron chi connectivity index (χ4n) is 2.18. The Morgan fingerprint density at radius 3 is 2.91 bits per heavy atom. The molecule has 1 aromatic rings. The topological polar surface area (TPSA) is 63.2 Å². The van der Waals surface area contributed by atoms with Crippen LogP contribution in [0.15, 0.2) is 47.1 Å². The van der Waals surface area contributed by atoms with Gasteiger partial charge in [0, 0.05) is 6.54 Å². The number of oxime groups is 1. The van der Waals surface area contributed by atoms with E-state index in [1.54, 1.807) is 11.3 Å². The quantitative estimate of drug-likeness (QED) is 0.671. The molecule has 22 heavy (non-hydrogen) atoms. The number of hydrogen-bond donors (Lipinski definition) is 1. The van der Waals surface area contributed by atoms with Crippen molar-refractivity contribution in [2.75, 3.05) is 20.2 Å². The first-order valence-electron chi connectivity index (χ1n) is 7.23. The van der Waals surface area contributed by atoms with Crippen LogP contribution in [0.4, 0.5) is 4.79 Å². The van der Waals surface area contributed by atoms with Gasteiger partial charge >= 0.3 is 6.09 Å². The van der Waals surface area contributed by atoms with Gasteiger partial charge in [-0.2, -0.15) is 0 Å². The number of hydroxylamine groups is 2. The molecule has 0 saturated carbocycles. The Morgan fingerprint density at radius 2 is 2.18 bits per heavy atom. The molecule has 1 aliphatic heterocycles. The minimum atomic E-state index is -0.457. The lowest BCUT2D eigenvalue weighted by molar-refractivity contribution is -0.0941. The number of benzene rings is 1. The van der Waals surface area contributed by atoms with Crippen molar-refractivity contribution in [3.05, 3.63) is 47.5 Å². The van der Waals surface area contributed by atoms with E-state index < -0.39 is 6.09 Å². The van der Waals surface area contributed by atoms with Crippen molar-refractivity contribution in [2.24, 2.45) is 5.16 Å². The number of carbonyl (C=O) groups is 1. The fourth-order valence-corrected chi connectivity index (χ4v) is 2.18. The Hall–Kier alpha value is -2.34. The Balaban J connectivity index is 1.82. The average molecular weight is 303 g/mol. The average Bonchev–Trinajstić information content (AvgIpc) is 2.54. The normalized spacial score (nSPS) is 16.9. The van der Waals surface area contributed by atoms with Crippen molar-refractivity contribution in [3.63, 3.8) is 0 Å². The van der Waals surface area contributed by atoms with Gasteiger partial charge in [-0.1, -0.05) is 41.6 Å². The maximum atomic E-state index is 12.0. The number of rotatable bonds is 5. The predicted octanol–water partition coefficient (Wildman–Crippen LogP) is 2.65. The monoisotopic (exact) mass is 303 g/mol. The second-order valence-electron chi connectivity index (χ2n) is 5.00. The molecule has 0 bridgehead atoms.